The molecule has 0 radical (unpaired) electrons. The lowest BCUT2D eigenvalue weighted by molar-refractivity contribution is -0.388. The van der Waals surface area contributed by atoms with Gasteiger partial charge in [-0.05, 0) is 19.8 Å². The van der Waals surface area contributed by atoms with Gasteiger partial charge in [-0.2, -0.15) is 4.39 Å². The van der Waals surface area contributed by atoms with Crippen molar-refractivity contribution in [2.75, 3.05) is 13.2 Å². The van der Waals surface area contributed by atoms with Crippen LogP contribution < -0.4 is 5.32 Å². The van der Waals surface area contributed by atoms with Crippen LogP contribution in [0, 0.1) is 34.5 Å². The van der Waals surface area contributed by atoms with E-state index in [-0.39, 0.29) is 6.61 Å². The molecule has 0 unspecified atom stereocenters. The van der Waals surface area contributed by atoms with Gasteiger partial charge in [-0.1, -0.05) is 13.8 Å². The van der Waals surface area contributed by atoms with Crippen molar-refractivity contribution in [3.05, 3.63) is 50.5 Å². The maximum atomic E-state index is 14.4. The first kappa shape index (κ1) is 22.1. The summed E-state index contributed by atoms with van der Waals surface area (Å²) in [6.07, 6.45) is 1.96. The number of ketones is 1. The van der Waals surface area contributed by atoms with Crippen molar-refractivity contribution in [2.45, 2.75) is 33.6 Å². The molecule has 0 saturated heterocycles. The van der Waals surface area contributed by atoms with Gasteiger partial charge in [0.15, 0.2) is 5.82 Å². The molecule has 0 amide bonds. The predicted molar refractivity (Wildman–Crippen MR) is 89.7 cm³/mol. The number of rotatable bonds is 9. The first-order valence-electron chi connectivity index (χ1n) is 8.15. The van der Waals surface area contributed by atoms with Gasteiger partial charge >= 0.3 is 11.7 Å². The van der Waals surface area contributed by atoms with Gasteiger partial charge in [0.1, 0.15) is 17.0 Å². The summed E-state index contributed by atoms with van der Waals surface area (Å²) in [5.41, 5.74) is -4.69. The minimum atomic E-state index is -1.98. The van der Waals surface area contributed by atoms with Crippen LogP contribution in [0.15, 0.2) is 11.8 Å². The Morgan fingerprint density at radius 3 is 2.30 bits per heavy atom. The van der Waals surface area contributed by atoms with E-state index in [0.717, 1.165) is 13.1 Å². The van der Waals surface area contributed by atoms with Crippen LogP contribution in [-0.2, 0) is 9.53 Å². The molecule has 0 aliphatic rings. The standard InChI is InChI=1S/C17H19F3N2O5/c1-4-6-21-8-10(17(24)27-7-5-2)16(23)11-12(18)9(3)13(19)14(20)15(11)22(25)26/h8,21H,4-7H2,1-3H3/b10-8+. The minimum absolute atomic E-state index is 0.0569. The molecule has 27 heavy (non-hydrogen) atoms. The lowest BCUT2D eigenvalue weighted by Crippen LogP contribution is -2.23. The Bertz CT molecular complexity index is 794. The van der Waals surface area contributed by atoms with Crippen molar-refractivity contribution in [3.8, 4) is 0 Å². The van der Waals surface area contributed by atoms with Gasteiger partial charge in [-0.3, -0.25) is 14.9 Å². The third kappa shape index (κ3) is 4.83. The molecule has 0 aromatic heterocycles. The number of nitro groups is 1. The van der Waals surface area contributed by atoms with Gasteiger partial charge in [0.05, 0.1) is 11.5 Å². The molecular weight excluding hydrogens is 369 g/mol. The van der Waals surface area contributed by atoms with E-state index in [0.29, 0.717) is 19.4 Å². The molecule has 0 saturated carbocycles. The third-order valence-corrected chi connectivity index (χ3v) is 3.47. The van der Waals surface area contributed by atoms with Crippen LogP contribution in [0.25, 0.3) is 0 Å². The molecule has 7 nitrogen and oxygen atoms in total. The first-order valence-corrected chi connectivity index (χ1v) is 8.15. The molecule has 1 aromatic rings. The monoisotopic (exact) mass is 388 g/mol. The van der Waals surface area contributed by atoms with Gasteiger partial charge in [0.2, 0.25) is 11.6 Å². The summed E-state index contributed by atoms with van der Waals surface area (Å²) in [7, 11) is 0. The Balaban J connectivity index is 3.59. The van der Waals surface area contributed by atoms with Crippen molar-refractivity contribution >= 4 is 17.4 Å². The number of hydrogen-bond acceptors (Lipinski definition) is 6. The Kier molecular flexibility index (Phi) is 7.95. The van der Waals surface area contributed by atoms with Gasteiger partial charge in [0.25, 0.3) is 0 Å². The Morgan fingerprint density at radius 2 is 1.78 bits per heavy atom. The number of Topliss-reactive ketones (excluding diaryl/α,β-unsaturated/α-hetero) is 1. The van der Waals surface area contributed by atoms with Crippen molar-refractivity contribution in [3.63, 3.8) is 0 Å². The molecule has 1 N–H and O–H groups in total. The number of ether oxygens (including phenoxy) is 1. The van der Waals surface area contributed by atoms with Crippen molar-refractivity contribution < 1.29 is 32.4 Å². The molecule has 0 bridgehead atoms. The van der Waals surface area contributed by atoms with Gasteiger partial charge in [-0.25, -0.2) is 13.6 Å². The lowest BCUT2D eigenvalue weighted by Gasteiger charge is -2.11. The fourth-order valence-corrected chi connectivity index (χ4v) is 2.09. The number of hydrogen-bond donors (Lipinski definition) is 1. The second kappa shape index (κ2) is 9.70. The molecule has 148 valence electrons. The minimum Gasteiger partial charge on any atom is -0.462 e. The van der Waals surface area contributed by atoms with Crippen molar-refractivity contribution in [1.29, 1.82) is 0 Å². The maximum Gasteiger partial charge on any atom is 0.343 e. The largest absolute Gasteiger partial charge is 0.462 e. The maximum absolute atomic E-state index is 14.4. The normalized spacial score (nSPS) is 11.3. The highest BCUT2D eigenvalue weighted by molar-refractivity contribution is 6.25. The summed E-state index contributed by atoms with van der Waals surface area (Å²) in [5, 5.41) is 13.7. The van der Waals surface area contributed by atoms with Crippen LogP contribution in [0.3, 0.4) is 0 Å². The molecule has 0 aliphatic heterocycles. The second-order valence-corrected chi connectivity index (χ2v) is 5.52. The van der Waals surface area contributed by atoms with Crippen LogP contribution in [0.4, 0.5) is 18.9 Å². The Hall–Kier alpha value is -2.91. The molecule has 1 rings (SSSR count). The highest BCUT2D eigenvalue weighted by Crippen LogP contribution is 2.32. The van der Waals surface area contributed by atoms with E-state index in [1.165, 1.54) is 0 Å². The van der Waals surface area contributed by atoms with E-state index in [1.807, 2.05) is 0 Å². The van der Waals surface area contributed by atoms with E-state index in [2.05, 4.69) is 5.32 Å². The van der Waals surface area contributed by atoms with E-state index < -0.39 is 56.5 Å². The number of nitrogens with zero attached hydrogens (tertiary/aromatic N) is 1. The summed E-state index contributed by atoms with van der Waals surface area (Å²) in [4.78, 5) is 34.5. The van der Waals surface area contributed by atoms with Gasteiger partial charge in [0, 0.05) is 18.3 Å². The molecule has 0 spiro atoms. The van der Waals surface area contributed by atoms with E-state index in [1.54, 1.807) is 13.8 Å². The zero-order chi connectivity index (χ0) is 20.7. The number of carbonyl (C=O) groups is 2. The number of nitro benzene ring substituents is 1. The molecule has 1 aromatic carbocycles. The summed E-state index contributed by atoms with van der Waals surface area (Å²) in [6.45, 7) is 4.58. The highest BCUT2D eigenvalue weighted by Gasteiger charge is 2.37. The summed E-state index contributed by atoms with van der Waals surface area (Å²) in [5.74, 6) is -8.02. The number of halogens is 3. The number of esters is 1. The van der Waals surface area contributed by atoms with Crippen LogP contribution in [0.1, 0.15) is 42.6 Å². The van der Waals surface area contributed by atoms with Crippen LogP contribution in [0.5, 0.6) is 0 Å². The quantitative estimate of drug-likeness (QED) is 0.0802. The molecular formula is C17H19F3N2O5. The second-order valence-electron chi connectivity index (χ2n) is 5.52. The average Bonchev–Trinajstić information content (AvgIpc) is 2.63. The smallest absolute Gasteiger partial charge is 0.343 e. The van der Waals surface area contributed by atoms with Gasteiger partial charge < -0.3 is 10.1 Å². The molecule has 0 atom stereocenters. The highest BCUT2D eigenvalue weighted by atomic mass is 19.2. The average molecular weight is 388 g/mol. The SMILES string of the molecule is CCCN/C=C(/C(=O)OCCC)C(=O)c1c(F)c(C)c(F)c(F)c1[N+](=O)[O-]. The first-order chi connectivity index (χ1) is 12.7. The zero-order valence-corrected chi connectivity index (χ0v) is 15.0. The third-order valence-electron chi connectivity index (χ3n) is 3.47. The van der Waals surface area contributed by atoms with Crippen LogP contribution in [-0.4, -0.2) is 29.8 Å². The topological polar surface area (TPSA) is 98.5 Å². The van der Waals surface area contributed by atoms with E-state index in [9.17, 15) is 32.9 Å². The zero-order valence-electron chi connectivity index (χ0n) is 15.0. The lowest BCUT2D eigenvalue weighted by atomic mass is 9.98. The number of carbonyl (C=O) groups excluding carboxylic acids is 2. The summed E-state index contributed by atoms with van der Waals surface area (Å²) < 4.78 is 47.0. The molecule has 10 heteroatoms. The predicted octanol–water partition coefficient (Wildman–Crippen LogP) is 3.34. The van der Waals surface area contributed by atoms with Crippen molar-refractivity contribution in [1.82, 2.24) is 5.32 Å². The Labute approximate surface area is 153 Å². The van der Waals surface area contributed by atoms with Gasteiger partial charge in [-0.15, -0.1) is 0 Å². The molecule has 0 aliphatic carbocycles. The van der Waals surface area contributed by atoms with E-state index in [4.69, 9.17) is 4.74 Å². The molecule has 0 heterocycles. The van der Waals surface area contributed by atoms with Crippen LogP contribution >= 0.6 is 0 Å². The molecule has 0 fully saturated rings. The fourth-order valence-electron chi connectivity index (χ4n) is 2.09. The number of nitrogens with one attached hydrogen (secondary N) is 1. The Morgan fingerprint density at radius 1 is 1.15 bits per heavy atom. The van der Waals surface area contributed by atoms with Crippen molar-refractivity contribution in [2.24, 2.45) is 0 Å². The van der Waals surface area contributed by atoms with Crippen LogP contribution in [0.2, 0.25) is 0 Å². The summed E-state index contributed by atoms with van der Waals surface area (Å²) >= 11 is 0. The summed E-state index contributed by atoms with van der Waals surface area (Å²) in [6, 6.07) is 0. The van der Waals surface area contributed by atoms with E-state index >= 15 is 0 Å². The fraction of sp³-hybridized carbons (Fsp3) is 0.412. The number of benzene rings is 1.